The van der Waals surface area contributed by atoms with Crippen molar-refractivity contribution in [2.45, 2.75) is 13.0 Å². The minimum absolute atomic E-state index is 0.0116. The predicted octanol–water partition coefficient (Wildman–Crippen LogP) is 4.67. The van der Waals surface area contributed by atoms with Crippen LogP contribution in [0.3, 0.4) is 0 Å². The van der Waals surface area contributed by atoms with E-state index in [4.69, 9.17) is 4.74 Å². The Labute approximate surface area is 182 Å². The normalized spacial score (nSPS) is 10.4. The molecule has 6 nitrogen and oxygen atoms in total. The first-order valence-electron chi connectivity index (χ1n) is 10.1. The lowest BCUT2D eigenvalue weighted by atomic mass is 10.0. The molecular formula is C25H27N3O3. The number of hydrogen-bond acceptors (Lipinski definition) is 3. The van der Waals surface area contributed by atoms with Crippen LogP contribution in [0.4, 0.5) is 16.2 Å². The summed E-state index contributed by atoms with van der Waals surface area (Å²) in [6.45, 7) is 0.866. The fraction of sp³-hybridized carbons (Fsp3) is 0.200. The van der Waals surface area contributed by atoms with Crippen molar-refractivity contribution in [2.24, 2.45) is 0 Å². The molecule has 0 atom stereocenters. The maximum absolute atomic E-state index is 12.5. The zero-order valence-corrected chi connectivity index (χ0v) is 17.8. The minimum atomic E-state index is -0.274. The second kappa shape index (κ2) is 10.9. The van der Waals surface area contributed by atoms with Crippen LogP contribution in [0, 0.1) is 0 Å². The van der Waals surface area contributed by atoms with Gasteiger partial charge in [0.15, 0.2) is 0 Å². The van der Waals surface area contributed by atoms with Crippen LogP contribution in [-0.2, 0) is 16.1 Å². The highest BCUT2D eigenvalue weighted by molar-refractivity contribution is 5.95. The number of amides is 3. The third kappa shape index (κ3) is 6.17. The first-order valence-corrected chi connectivity index (χ1v) is 10.1. The number of para-hydroxylation sites is 1. The molecule has 0 radical (unpaired) electrons. The van der Waals surface area contributed by atoms with E-state index in [0.717, 1.165) is 28.1 Å². The summed E-state index contributed by atoms with van der Waals surface area (Å²) in [5.41, 5.74) is 4.46. The molecule has 0 saturated heterocycles. The van der Waals surface area contributed by atoms with E-state index in [2.05, 4.69) is 10.6 Å². The van der Waals surface area contributed by atoms with Crippen LogP contribution < -0.4 is 15.5 Å². The number of rotatable bonds is 8. The van der Waals surface area contributed by atoms with Crippen molar-refractivity contribution in [2.75, 3.05) is 30.9 Å². The Balaban J connectivity index is 1.58. The van der Waals surface area contributed by atoms with Crippen LogP contribution in [0.1, 0.15) is 12.0 Å². The van der Waals surface area contributed by atoms with Gasteiger partial charge in [-0.1, -0.05) is 60.7 Å². The van der Waals surface area contributed by atoms with Crippen molar-refractivity contribution in [3.8, 4) is 11.1 Å². The number of carbonyl (C=O) groups excluding carboxylic acids is 2. The molecule has 0 aromatic heterocycles. The van der Waals surface area contributed by atoms with Gasteiger partial charge in [-0.15, -0.1) is 0 Å². The summed E-state index contributed by atoms with van der Waals surface area (Å²) in [6, 6.07) is 24.9. The fourth-order valence-corrected chi connectivity index (χ4v) is 3.13. The molecule has 160 valence electrons. The Morgan fingerprint density at radius 3 is 2.29 bits per heavy atom. The van der Waals surface area contributed by atoms with Gasteiger partial charge < -0.3 is 20.3 Å². The van der Waals surface area contributed by atoms with Gasteiger partial charge in [0.2, 0.25) is 5.91 Å². The minimum Gasteiger partial charge on any atom is -0.376 e. The Morgan fingerprint density at radius 1 is 0.903 bits per heavy atom. The van der Waals surface area contributed by atoms with Gasteiger partial charge in [-0.2, -0.15) is 0 Å². The summed E-state index contributed by atoms with van der Waals surface area (Å²) in [6.07, 6.45) is 0.309. The number of nitrogens with zero attached hydrogens (tertiary/aromatic N) is 1. The standard InChI is InChI=1S/C25H27N3O3/c1-26-25(30)27-23-11-7-6-10-22(23)20-12-14-21(15-13-20)28(2)24(29)16-17-31-18-19-8-4-3-5-9-19/h3-15H,16-18H2,1-2H3,(H2,26,27,30). The fourth-order valence-electron chi connectivity index (χ4n) is 3.13. The van der Waals surface area contributed by atoms with Gasteiger partial charge >= 0.3 is 6.03 Å². The molecule has 3 aromatic carbocycles. The molecule has 3 aromatic rings. The third-order valence-electron chi connectivity index (χ3n) is 4.91. The molecule has 0 bridgehead atoms. The number of ether oxygens (including phenoxy) is 1. The van der Waals surface area contributed by atoms with Crippen molar-refractivity contribution in [1.29, 1.82) is 0 Å². The summed E-state index contributed by atoms with van der Waals surface area (Å²) in [4.78, 5) is 25.8. The summed E-state index contributed by atoms with van der Waals surface area (Å²) >= 11 is 0. The molecule has 0 aliphatic carbocycles. The number of carbonyl (C=O) groups is 2. The number of hydrogen-bond donors (Lipinski definition) is 2. The maximum Gasteiger partial charge on any atom is 0.318 e. The number of anilines is 2. The number of nitrogens with one attached hydrogen (secondary N) is 2. The van der Waals surface area contributed by atoms with E-state index < -0.39 is 0 Å². The van der Waals surface area contributed by atoms with E-state index in [1.165, 1.54) is 0 Å². The number of benzene rings is 3. The van der Waals surface area contributed by atoms with Crippen LogP contribution in [0.15, 0.2) is 78.9 Å². The second-order valence-corrected chi connectivity index (χ2v) is 7.04. The van der Waals surface area contributed by atoms with Crippen molar-refractivity contribution < 1.29 is 14.3 Å². The van der Waals surface area contributed by atoms with Crippen LogP contribution in [0.5, 0.6) is 0 Å². The molecule has 6 heteroatoms. The van der Waals surface area contributed by atoms with Crippen molar-refractivity contribution in [3.63, 3.8) is 0 Å². The smallest absolute Gasteiger partial charge is 0.318 e. The summed E-state index contributed by atoms with van der Waals surface area (Å²) in [5.74, 6) is -0.0116. The van der Waals surface area contributed by atoms with E-state index in [0.29, 0.717) is 19.6 Å². The average molecular weight is 418 g/mol. The van der Waals surface area contributed by atoms with E-state index >= 15 is 0 Å². The van der Waals surface area contributed by atoms with Crippen molar-refractivity contribution in [1.82, 2.24) is 5.32 Å². The first-order chi connectivity index (χ1) is 15.1. The van der Waals surface area contributed by atoms with Gasteiger partial charge in [0.25, 0.3) is 0 Å². The molecule has 0 fully saturated rings. The van der Waals surface area contributed by atoms with Crippen molar-refractivity contribution in [3.05, 3.63) is 84.4 Å². The van der Waals surface area contributed by atoms with E-state index in [1.807, 2.05) is 78.9 Å². The molecule has 0 aliphatic rings. The molecule has 0 saturated carbocycles. The topological polar surface area (TPSA) is 70.7 Å². The quantitative estimate of drug-likeness (QED) is 0.523. The Hall–Kier alpha value is -3.64. The van der Waals surface area contributed by atoms with Gasteiger partial charge in [-0.3, -0.25) is 4.79 Å². The predicted molar refractivity (Wildman–Crippen MR) is 124 cm³/mol. The Morgan fingerprint density at radius 2 is 1.58 bits per heavy atom. The molecule has 0 unspecified atom stereocenters. The highest BCUT2D eigenvalue weighted by atomic mass is 16.5. The Bertz CT molecular complexity index is 1000. The molecule has 3 amide bonds. The SMILES string of the molecule is CNC(=O)Nc1ccccc1-c1ccc(N(C)C(=O)CCOCc2ccccc2)cc1. The van der Waals surface area contributed by atoms with E-state index in [1.54, 1.807) is 19.0 Å². The highest BCUT2D eigenvalue weighted by Crippen LogP contribution is 2.29. The lowest BCUT2D eigenvalue weighted by Gasteiger charge is -2.18. The molecule has 3 rings (SSSR count). The second-order valence-electron chi connectivity index (χ2n) is 7.04. The summed E-state index contributed by atoms with van der Waals surface area (Å²) in [7, 11) is 3.34. The summed E-state index contributed by atoms with van der Waals surface area (Å²) < 4.78 is 5.62. The molecule has 0 aliphatic heterocycles. The lowest BCUT2D eigenvalue weighted by molar-refractivity contribution is -0.119. The summed E-state index contributed by atoms with van der Waals surface area (Å²) in [5, 5.41) is 5.38. The molecule has 0 spiro atoms. The van der Waals surface area contributed by atoms with Gasteiger partial charge in [0, 0.05) is 25.3 Å². The van der Waals surface area contributed by atoms with Gasteiger partial charge in [0.1, 0.15) is 0 Å². The molecule has 31 heavy (non-hydrogen) atoms. The third-order valence-corrected chi connectivity index (χ3v) is 4.91. The molecule has 0 heterocycles. The monoisotopic (exact) mass is 417 g/mol. The maximum atomic E-state index is 12.5. The van der Waals surface area contributed by atoms with Crippen LogP contribution >= 0.6 is 0 Å². The molecular weight excluding hydrogens is 390 g/mol. The van der Waals surface area contributed by atoms with Crippen molar-refractivity contribution >= 4 is 23.3 Å². The number of urea groups is 1. The van der Waals surface area contributed by atoms with Gasteiger partial charge in [-0.05, 0) is 29.3 Å². The lowest BCUT2D eigenvalue weighted by Crippen LogP contribution is -2.27. The van der Waals surface area contributed by atoms with Crippen LogP contribution in [0.25, 0.3) is 11.1 Å². The molecule has 2 N–H and O–H groups in total. The largest absolute Gasteiger partial charge is 0.376 e. The zero-order valence-electron chi connectivity index (χ0n) is 17.8. The van der Waals surface area contributed by atoms with E-state index in [-0.39, 0.29) is 11.9 Å². The highest BCUT2D eigenvalue weighted by Gasteiger charge is 2.12. The van der Waals surface area contributed by atoms with Crippen LogP contribution in [-0.4, -0.2) is 32.6 Å². The zero-order chi connectivity index (χ0) is 22.1. The average Bonchev–Trinajstić information content (AvgIpc) is 2.82. The van der Waals surface area contributed by atoms with E-state index in [9.17, 15) is 9.59 Å². The van der Waals surface area contributed by atoms with Crippen LogP contribution in [0.2, 0.25) is 0 Å². The first kappa shape index (κ1) is 22.1. The van der Waals surface area contributed by atoms with Gasteiger partial charge in [0.05, 0.1) is 25.3 Å². The Kier molecular flexibility index (Phi) is 7.79. The van der Waals surface area contributed by atoms with Gasteiger partial charge in [-0.25, -0.2) is 4.79 Å².